The Kier molecular flexibility index (Phi) is 4.35. The van der Waals surface area contributed by atoms with E-state index in [1.807, 2.05) is 0 Å². The lowest BCUT2D eigenvalue weighted by molar-refractivity contribution is -0.122. The van der Waals surface area contributed by atoms with Gasteiger partial charge in [-0.1, -0.05) is 6.42 Å². The van der Waals surface area contributed by atoms with Crippen molar-refractivity contribution in [2.75, 3.05) is 16.8 Å². The minimum absolute atomic E-state index is 0.114. The number of anilines is 1. The number of nitrogens with one attached hydrogen (secondary N) is 1. The largest absolute Gasteiger partial charge is 0.326 e. The molecule has 1 saturated heterocycles. The number of halogens is 1. The molecule has 1 aromatic rings. The van der Waals surface area contributed by atoms with Gasteiger partial charge in [0.05, 0.1) is 4.08 Å². The maximum Gasteiger partial charge on any atom is 0.227 e. The Bertz CT molecular complexity index is 569. The summed E-state index contributed by atoms with van der Waals surface area (Å²) in [7, 11) is 0. The molecule has 1 spiro atoms. The molecule has 1 aliphatic heterocycles. The van der Waals surface area contributed by atoms with Crippen molar-refractivity contribution in [3.63, 3.8) is 0 Å². The predicted molar refractivity (Wildman–Crippen MR) is 96.2 cm³/mol. The fraction of sp³-hybridized carbons (Fsp3) is 0.611. The molecule has 23 heavy (non-hydrogen) atoms. The highest BCUT2D eigenvalue weighted by molar-refractivity contribution is 8.21. The first-order valence-corrected chi connectivity index (χ1v) is 10.5. The van der Waals surface area contributed by atoms with E-state index >= 15 is 0 Å². The van der Waals surface area contributed by atoms with Crippen molar-refractivity contribution in [1.82, 2.24) is 0 Å². The first kappa shape index (κ1) is 15.8. The molecule has 2 unspecified atom stereocenters. The summed E-state index contributed by atoms with van der Waals surface area (Å²) in [5.74, 6) is 3.85. The van der Waals surface area contributed by atoms with Crippen LogP contribution in [-0.2, 0) is 4.79 Å². The first-order valence-electron chi connectivity index (χ1n) is 8.52. The van der Waals surface area contributed by atoms with Gasteiger partial charge in [0.25, 0.3) is 0 Å². The Morgan fingerprint density at radius 2 is 1.70 bits per heavy atom. The molecule has 1 aromatic carbocycles. The van der Waals surface area contributed by atoms with Gasteiger partial charge in [-0.05, 0) is 61.8 Å². The van der Waals surface area contributed by atoms with Gasteiger partial charge in [-0.15, -0.1) is 23.5 Å². The van der Waals surface area contributed by atoms with Crippen molar-refractivity contribution >= 4 is 35.1 Å². The topological polar surface area (TPSA) is 29.1 Å². The van der Waals surface area contributed by atoms with E-state index in [1.165, 1.54) is 42.9 Å². The van der Waals surface area contributed by atoms with Crippen LogP contribution in [0, 0.1) is 23.6 Å². The van der Waals surface area contributed by atoms with Gasteiger partial charge < -0.3 is 5.32 Å². The summed E-state index contributed by atoms with van der Waals surface area (Å²) in [5.41, 5.74) is 0.700. The average Bonchev–Trinajstić information content (AvgIpc) is 2.99. The second kappa shape index (κ2) is 6.32. The molecule has 1 amide bonds. The molecule has 0 radical (unpaired) electrons. The molecule has 2 bridgehead atoms. The Hall–Kier alpha value is -0.680. The van der Waals surface area contributed by atoms with Gasteiger partial charge in [0, 0.05) is 23.1 Å². The van der Waals surface area contributed by atoms with E-state index < -0.39 is 0 Å². The van der Waals surface area contributed by atoms with E-state index in [-0.39, 0.29) is 17.6 Å². The molecular formula is C18H22FNOS2. The Morgan fingerprint density at radius 3 is 2.30 bits per heavy atom. The molecular weight excluding hydrogens is 329 g/mol. The molecule has 4 rings (SSSR count). The lowest BCUT2D eigenvalue weighted by Gasteiger charge is -2.52. The number of carbonyl (C=O) groups excluding carboxylic acids is 1. The van der Waals surface area contributed by atoms with Crippen LogP contribution in [0.25, 0.3) is 0 Å². The van der Waals surface area contributed by atoms with Crippen LogP contribution in [0.5, 0.6) is 0 Å². The fourth-order valence-electron chi connectivity index (χ4n) is 4.60. The smallest absolute Gasteiger partial charge is 0.227 e. The molecule has 3 fully saturated rings. The summed E-state index contributed by atoms with van der Waals surface area (Å²) in [6, 6.07) is 6.07. The third kappa shape index (κ3) is 2.91. The van der Waals surface area contributed by atoms with Crippen molar-refractivity contribution < 1.29 is 9.18 Å². The van der Waals surface area contributed by atoms with E-state index in [1.54, 1.807) is 12.1 Å². The summed E-state index contributed by atoms with van der Waals surface area (Å²) in [6.07, 6.45) is 5.91. The van der Waals surface area contributed by atoms with Crippen LogP contribution in [0.1, 0.15) is 32.1 Å². The molecule has 2 saturated carbocycles. The molecule has 1 N–H and O–H groups in total. The lowest BCUT2D eigenvalue weighted by Crippen LogP contribution is -2.48. The van der Waals surface area contributed by atoms with Crippen molar-refractivity contribution in [3.05, 3.63) is 30.1 Å². The summed E-state index contributed by atoms with van der Waals surface area (Å²) >= 11 is 4.33. The van der Waals surface area contributed by atoms with Crippen LogP contribution in [0.4, 0.5) is 10.1 Å². The number of hydrogen-bond donors (Lipinski definition) is 1. The zero-order valence-electron chi connectivity index (χ0n) is 13.1. The quantitative estimate of drug-likeness (QED) is 0.832. The highest BCUT2D eigenvalue weighted by atomic mass is 32.2. The van der Waals surface area contributed by atoms with Crippen LogP contribution < -0.4 is 5.32 Å². The van der Waals surface area contributed by atoms with Crippen LogP contribution >= 0.6 is 23.5 Å². The number of hydrogen-bond acceptors (Lipinski definition) is 3. The monoisotopic (exact) mass is 351 g/mol. The Labute approximate surface area is 145 Å². The Balaban J connectivity index is 1.46. The van der Waals surface area contributed by atoms with E-state index in [0.717, 1.165) is 12.8 Å². The maximum atomic E-state index is 13.0. The van der Waals surface area contributed by atoms with E-state index in [0.29, 0.717) is 21.6 Å². The molecule has 1 heterocycles. The number of thioether (sulfide) groups is 2. The molecule has 2 atom stereocenters. The SMILES string of the molecule is O=C(Nc1ccc(F)cc1)C1CC2CCCC(C1)C21SCCS1. The third-order valence-electron chi connectivity index (χ3n) is 5.60. The summed E-state index contributed by atoms with van der Waals surface area (Å²) in [6.45, 7) is 0. The van der Waals surface area contributed by atoms with Crippen molar-refractivity contribution in [2.24, 2.45) is 17.8 Å². The van der Waals surface area contributed by atoms with Crippen LogP contribution in [0.3, 0.4) is 0 Å². The number of carbonyl (C=O) groups is 1. The van der Waals surface area contributed by atoms with Gasteiger partial charge in [-0.25, -0.2) is 4.39 Å². The average molecular weight is 352 g/mol. The summed E-state index contributed by atoms with van der Waals surface area (Å²) in [4.78, 5) is 12.7. The molecule has 2 aliphatic carbocycles. The van der Waals surface area contributed by atoms with Gasteiger partial charge in [0.1, 0.15) is 5.82 Å². The van der Waals surface area contributed by atoms with Gasteiger partial charge >= 0.3 is 0 Å². The fourth-order valence-corrected chi connectivity index (χ4v) is 8.54. The van der Waals surface area contributed by atoms with Crippen molar-refractivity contribution in [3.8, 4) is 0 Å². The summed E-state index contributed by atoms with van der Waals surface area (Å²) < 4.78 is 13.4. The molecule has 2 nitrogen and oxygen atoms in total. The van der Waals surface area contributed by atoms with E-state index in [2.05, 4.69) is 28.8 Å². The number of amides is 1. The molecule has 3 aliphatic rings. The normalized spacial score (nSPS) is 32.0. The maximum absolute atomic E-state index is 13.0. The lowest BCUT2D eigenvalue weighted by atomic mass is 9.67. The highest BCUT2D eigenvalue weighted by Gasteiger charge is 2.55. The van der Waals surface area contributed by atoms with Crippen molar-refractivity contribution in [1.29, 1.82) is 0 Å². The minimum atomic E-state index is -0.271. The second-order valence-corrected chi connectivity index (χ2v) is 9.91. The van der Waals surface area contributed by atoms with E-state index in [9.17, 15) is 9.18 Å². The predicted octanol–water partition coefficient (Wildman–Crippen LogP) is 4.77. The zero-order chi connectivity index (χ0) is 15.9. The second-order valence-electron chi connectivity index (χ2n) is 6.91. The van der Waals surface area contributed by atoms with Gasteiger partial charge in [-0.2, -0.15) is 0 Å². The number of benzene rings is 1. The van der Waals surface area contributed by atoms with Crippen LogP contribution in [-0.4, -0.2) is 21.5 Å². The molecule has 5 heteroatoms. The van der Waals surface area contributed by atoms with Gasteiger partial charge in [0.15, 0.2) is 0 Å². The first-order chi connectivity index (χ1) is 11.2. The van der Waals surface area contributed by atoms with Gasteiger partial charge in [-0.3, -0.25) is 4.79 Å². The standard InChI is InChI=1S/C18H22FNOS2/c19-15-4-6-16(7-5-15)20-17(21)12-10-13-2-1-3-14(11-12)18(13)22-8-9-23-18/h4-7,12-14H,1-3,8-11H2,(H,20,21). The van der Waals surface area contributed by atoms with Crippen LogP contribution in [0.15, 0.2) is 24.3 Å². The molecule has 124 valence electrons. The molecule has 0 aromatic heterocycles. The van der Waals surface area contributed by atoms with Gasteiger partial charge in [0.2, 0.25) is 5.91 Å². The van der Waals surface area contributed by atoms with Crippen LogP contribution in [0.2, 0.25) is 0 Å². The highest BCUT2D eigenvalue weighted by Crippen LogP contribution is 2.64. The van der Waals surface area contributed by atoms with E-state index in [4.69, 9.17) is 0 Å². The summed E-state index contributed by atoms with van der Waals surface area (Å²) in [5, 5.41) is 2.99. The minimum Gasteiger partial charge on any atom is -0.326 e. The Morgan fingerprint density at radius 1 is 1.09 bits per heavy atom. The zero-order valence-corrected chi connectivity index (χ0v) is 14.7. The van der Waals surface area contributed by atoms with Crippen molar-refractivity contribution in [2.45, 2.75) is 36.2 Å². The third-order valence-corrected chi connectivity index (χ3v) is 9.62. The number of rotatable bonds is 2.